The molecule has 164 valence electrons. The van der Waals surface area contributed by atoms with Crippen LogP contribution < -0.4 is 24.4 Å². The van der Waals surface area contributed by atoms with Crippen molar-refractivity contribution in [1.29, 1.82) is 0 Å². The van der Waals surface area contributed by atoms with Crippen molar-refractivity contribution in [2.45, 2.75) is 12.8 Å². The van der Waals surface area contributed by atoms with Gasteiger partial charge in [-0.3, -0.25) is 9.59 Å². The van der Waals surface area contributed by atoms with Crippen molar-refractivity contribution >= 4 is 16.9 Å². The van der Waals surface area contributed by atoms with Crippen LogP contribution in [0, 0.1) is 0 Å². The number of fused-ring (bicyclic) bond motifs is 1. The summed E-state index contributed by atoms with van der Waals surface area (Å²) >= 11 is 0. The number of esters is 1. The van der Waals surface area contributed by atoms with Gasteiger partial charge >= 0.3 is 5.97 Å². The van der Waals surface area contributed by atoms with Crippen molar-refractivity contribution in [2.75, 3.05) is 14.2 Å². The number of ether oxygens (including phenoxy) is 4. The minimum absolute atomic E-state index is 0.00855. The Bertz CT molecular complexity index is 1310. The fourth-order valence-corrected chi connectivity index (χ4v) is 2.96. The van der Waals surface area contributed by atoms with Crippen LogP contribution in [0.5, 0.6) is 28.9 Å². The summed E-state index contributed by atoms with van der Waals surface area (Å²) in [4.78, 5) is 24.9. The average molecular weight is 437 g/mol. The molecule has 9 nitrogen and oxygen atoms in total. The van der Waals surface area contributed by atoms with E-state index in [4.69, 9.17) is 27.9 Å². The first-order valence-corrected chi connectivity index (χ1v) is 9.64. The first-order valence-electron chi connectivity index (χ1n) is 9.64. The Kier molecular flexibility index (Phi) is 6.07. The molecule has 0 N–H and O–H groups in total. The second-order valence-corrected chi connectivity index (χ2v) is 6.65. The first kappa shape index (κ1) is 21.0. The smallest absolute Gasteiger partial charge is 0.311 e. The van der Waals surface area contributed by atoms with Crippen LogP contribution in [0.3, 0.4) is 0 Å². The van der Waals surface area contributed by atoms with Gasteiger partial charge in [0.05, 0.1) is 26.0 Å². The molecule has 0 saturated carbocycles. The highest BCUT2D eigenvalue weighted by molar-refractivity contribution is 5.80. The van der Waals surface area contributed by atoms with Crippen LogP contribution in [-0.2, 0) is 11.2 Å². The second-order valence-electron chi connectivity index (χ2n) is 6.65. The Morgan fingerprint density at radius 2 is 1.81 bits per heavy atom. The maximum absolute atomic E-state index is 12.8. The van der Waals surface area contributed by atoms with E-state index in [0.29, 0.717) is 29.6 Å². The summed E-state index contributed by atoms with van der Waals surface area (Å²) in [5, 5.41) is 3.96. The van der Waals surface area contributed by atoms with Gasteiger partial charge in [0.2, 0.25) is 11.2 Å². The van der Waals surface area contributed by atoms with Gasteiger partial charge in [0.1, 0.15) is 23.4 Å². The molecule has 4 rings (SSSR count). The molecule has 0 radical (unpaired) electrons. The summed E-state index contributed by atoms with van der Waals surface area (Å²) in [6.45, 7) is 0. The highest BCUT2D eigenvalue weighted by Gasteiger charge is 2.14. The minimum Gasteiger partial charge on any atom is -0.493 e. The Balaban J connectivity index is 1.46. The normalized spacial score (nSPS) is 10.7. The van der Waals surface area contributed by atoms with Crippen LogP contribution in [0.1, 0.15) is 12.2 Å². The van der Waals surface area contributed by atoms with Gasteiger partial charge < -0.3 is 27.9 Å². The minimum atomic E-state index is -0.474. The third kappa shape index (κ3) is 4.56. The predicted molar refractivity (Wildman–Crippen MR) is 113 cm³/mol. The molecule has 2 heterocycles. The molecule has 0 aliphatic heterocycles. The summed E-state index contributed by atoms with van der Waals surface area (Å²) < 4.78 is 31.8. The van der Waals surface area contributed by atoms with Crippen LogP contribution in [0.25, 0.3) is 11.0 Å². The molecule has 4 aromatic rings. The lowest BCUT2D eigenvalue weighted by Gasteiger charge is -2.10. The van der Waals surface area contributed by atoms with Gasteiger partial charge in [0.25, 0.3) is 5.88 Å². The first-order chi connectivity index (χ1) is 15.6. The molecule has 0 bridgehead atoms. The molecule has 9 heteroatoms. The molecule has 0 amide bonds. The van der Waals surface area contributed by atoms with Gasteiger partial charge in [-0.15, -0.1) is 0 Å². The Hall–Kier alpha value is -4.27. The summed E-state index contributed by atoms with van der Waals surface area (Å²) in [6, 6.07) is 13.1. The molecule has 32 heavy (non-hydrogen) atoms. The van der Waals surface area contributed by atoms with E-state index < -0.39 is 5.97 Å². The summed E-state index contributed by atoms with van der Waals surface area (Å²) in [6.07, 6.45) is 1.59. The van der Waals surface area contributed by atoms with Crippen LogP contribution >= 0.6 is 0 Å². The molecule has 0 unspecified atom stereocenters. The fraction of sp³-hybridized carbons (Fsp3) is 0.174. The number of nitrogens with zero attached hydrogens (tertiary/aromatic N) is 1. The molecule has 2 aromatic carbocycles. The number of carbonyl (C=O) groups excluding carboxylic acids is 1. The molecule has 2 aromatic heterocycles. The van der Waals surface area contributed by atoms with Crippen molar-refractivity contribution in [1.82, 2.24) is 5.16 Å². The van der Waals surface area contributed by atoms with Crippen LogP contribution in [0.15, 0.2) is 68.5 Å². The zero-order chi connectivity index (χ0) is 22.5. The molecule has 0 atom stereocenters. The van der Waals surface area contributed by atoms with Gasteiger partial charge in [-0.1, -0.05) is 12.1 Å². The highest BCUT2D eigenvalue weighted by atomic mass is 16.5. The molecule has 0 fully saturated rings. The van der Waals surface area contributed by atoms with Crippen molar-refractivity contribution in [3.8, 4) is 28.9 Å². The van der Waals surface area contributed by atoms with E-state index in [-0.39, 0.29) is 34.3 Å². The SMILES string of the molecule is COc1cc(CCC(=O)Oc2ccc3c(=O)c(Oc4ccccc4OC)coc3c2)on1. The molecular formula is C23H19NO8. The zero-order valence-electron chi connectivity index (χ0n) is 17.3. The molecular weight excluding hydrogens is 418 g/mol. The topological polar surface area (TPSA) is 110 Å². The van der Waals surface area contributed by atoms with E-state index in [0.717, 1.165) is 0 Å². The Morgan fingerprint density at radius 1 is 1.00 bits per heavy atom. The highest BCUT2D eigenvalue weighted by Crippen LogP contribution is 2.30. The second kappa shape index (κ2) is 9.25. The van der Waals surface area contributed by atoms with Gasteiger partial charge in [-0.2, -0.15) is 0 Å². The largest absolute Gasteiger partial charge is 0.493 e. The molecule has 0 aliphatic rings. The van der Waals surface area contributed by atoms with Gasteiger partial charge in [0, 0.05) is 18.6 Å². The number of methoxy groups -OCH3 is 2. The van der Waals surface area contributed by atoms with E-state index in [9.17, 15) is 9.59 Å². The van der Waals surface area contributed by atoms with Crippen molar-refractivity contribution in [3.63, 3.8) is 0 Å². The molecule has 0 spiro atoms. The van der Waals surface area contributed by atoms with E-state index >= 15 is 0 Å². The lowest BCUT2D eigenvalue weighted by Crippen LogP contribution is -2.09. The third-order valence-electron chi connectivity index (χ3n) is 4.56. The molecule has 0 saturated heterocycles. The van der Waals surface area contributed by atoms with E-state index in [1.54, 1.807) is 30.3 Å². The van der Waals surface area contributed by atoms with Crippen molar-refractivity contribution in [2.24, 2.45) is 0 Å². The quantitative estimate of drug-likeness (QED) is 0.297. The number of hydrogen-bond acceptors (Lipinski definition) is 9. The maximum atomic E-state index is 12.8. The lowest BCUT2D eigenvalue weighted by atomic mass is 10.2. The van der Waals surface area contributed by atoms with Crippen LogP contribution in [-0.4, -0.2) is 25.3 Å². The number of carbonyl (C=O) groups is 1. The zero-order valence-corrected chi connectivity index (χ0v) is 17.3. The monoisotopic (exact) mass is 437 g/mol. The Labute approximate surface area is 182 Å². The van der Waals surface area contributed by atoms with Crippen molar-refractivity contribution < 1.29 is 32.7 Å². The number of aromatic nitrogens is 1. The number of para-hydroxylation sites is 2. The van der Waals surface area contributed by atoms with E-state index in [2.05, 4.69) is 5.16 Å². The molecule has 0 aliphatic carbocycles. The lowest BCUT2D eigenvalue weighted by molar-refractivity contribution is -0.134. The summed E-state index contributed by atoms with van der Waals surface area (Å²) in [7, 11) is 2.98. The van der Waals surface area contributed by atoms with Gasteiger partial charge in [0.15, 0.2) is 11.5 Å². The van der Waals surface area contributed by atoms with Crippen LogP contribution in [0.2, 0.25) is 0 Å². The standard InChI is InChI=1S/C23H19NO8/c1-27-17-5-3-4-6-18(17)31-20-13-29-19-11-14(7-9-16(19)23(20)26)30-22(25)10-8-15-12-21(28-2)24-32-15/h3-7,9,11-13H,8,10H2,1-2H3. The predicted octanol–water partition coefficient (Wildman–Crippen LogP) is 4.13. The Morgan fingerprint density at radius 3 is 2.56 bits per heavy atom. The summed E-state index contributed by atoms with van der Waals surface area (Å²) in [5.41, 5.74) is -0.109. The maximum Gasteiger partial charge on any atom is 0.311 e. The van der Waals surface area contributed by atoms with Gasteiger partial charge in [-0.05, 0) is 29.4 Å². The number of aryl methyl sites for hydroxylation is 1. The van der Waals surface area contributed by atoms with E-state index in [1.807, 2.05) is 0 Å². The van der Waals surface area contributed by atoms with Crippen molar-refractivity contribution in [3.05, 3.63) is 70.8 Å². The van der Waals surface area contributed by atoms with E-state index in [1.165, 1.54) is 38.7 Å². The number of benzene rings is 2. The third-order valence-corrected chi connectivity index (χ3v) is 4.56. The average Bonchev–Trinajstić information content (AvgIpc) is 3.28. The number of hydrogen-bond donors (Lipinski definition) is 0. The van der Waals surface area contributed by atoms with Gasteiger partial charge in [-0.25, -0.2) is 0 Å². The fourth-order valence-electron chi connectivity index (χ4n) is 2.96. The number of rotatable bonds is 8. The summed E-state index contributed by atoms with van der Waals surface area (Å²) in [5.74, 6) is 1.50. The van der Waals surface area contributed by atoms with Crippen LogP contribution in [0.4, 0.5) is 0 Å².